The maximum absolute atomic E-state index is 12.6. The standard InChI is InChI=1S/C20H27N3O4/c1-20(2,3)27-19(24)22-15-6-7-16(22)12-21(11-15)14-8-9-18(23(25)26)17(10-14)13-4-5-13/h8-10,13,15-16H,4-7,11-12H2,1-3H3/t15-,16+. The summed E-state index contributed by atoms with van der Waals surface area (Å²) in [5.41, 5.74) is 1.63. The first kappa shape index (κ1) is 18.1. The molecule has 27 heavy (non-hydrogen) atoms. The van der Waals surface area contributed by atoms with Crippen molar-refractivity contribution in [3.63, 3.8) is 0 Å². The second kappa shape index (κ2) is 6.39. The van der Waals surface area contributed by atoms with Crippen molar-refractivity contribution >= 4 is 17.5 Å². The molecule has 3 fully saturated rings. The summed E-state index contributed by atoms with van der Waals surface area (Å²) in [5, 5.41) is 11.3. The van der Waals surface area contributed by atoms with Crippen molar-refractivity contribution in [1.29, 1.82) is 0 Å². The number of hydrogen-bond donors (Lipinski definition) is 0. The first-order chi connectivity index (χ1) is 12.7. The van der Waals surface area contributed by atoms with Crippen LogP contribution in [0, 0.1) is 10.1 Å². The first-order valence-electron chi connectivity index (χ1n) is 9.77. The fraction of sp³-hybridized carbons (Fsp3) is 0.650. The summed E-state index contributed by atoms with van der Waals surface area (Å²) in [5.74, 6) is 0.324. The monoisotopic (exact) mass is 373 g/mol. The van der Waals surface area contributed by atoms with Crippen LogP contribution in [0.1, 0.15) is 57.9 Å². The Balaban J connectivity index is 1.53. The van der Waals surface area contributed by atoms with E-state index >= 15 is 0 Å². The van der Waals surface area contributed by atoms with Gasteiger partial charge in [0, 0.05) is 30.4 Å². The molecule has 0 spiro atoms. The summed E-state index contributed by atoms with van der Waals surface area (Å²) in [7, 11) is 0. The second-order valence-corrected chi connectivity index (χ2v) is 8.95. The lowest BCUT2D eigenvalue weighted by molar-refractivity contribution is -0.385. The molecular weight excluding hydrogens is 346 g/mol. The molecule has 2 aliphatic heterocycles. The number of carbonyl (C=O) groups is 1. The Morgan fingerprint density at radius 3 is 2.30 bits per heavy atom. The number of benzene rings is 1. The number of ether oxygens (including phenoxy) is 1. The van der Waals surface area contributed by atoms with Gasteiger partial charge in [0.1, 0.15) is 5.60 Å². The molecule has 7 heteroatoms. The molecule has 3 aliphatic rings. The second-order valence-electron chi connectivity index (χ2n) is 8.95. The molecule has 2 bridgehead atoms. The van der Waals surface area contributed by atoms with Gasteiger partial charge in [-0.25, -0.2) is 4.79 Å². The van der Waals surface area contributed by atoms with Crippen molar-refractivity contribution in [1.82, 2.24) is 4.90 Å². The molecule has 1 aromatic carbocycles. The Hall–Kier alpha value is -2.31. The molecule has 4 rings (SSSR count). The van der Waals surface area contributed by atoms with Crippen LogP contribution in [0.2, 0.25) is 0 Å². The van der Waals surface area contributed by atoms with Crippen LogP contribution >= 0.6 is 0 Å². The maximum Gasteiger partial charge on any atom is 0.410 e. The fourth-order valence-electron chi connectivity index (χ4n) is 4.35. The number of nitro benzene ring substituents is 1. The minimum absolute atomic E-state index is 0.137. The van der Waals surface area contributed by atoms with E-state index in [1.807, 2.05) is 37.8 Å². The van der Waals surface area contributed by atoms with Crippen LogP contribution in [0.3, 0.4) is 0 Å². The van der Waals surface area contributed by atoms with Crippen molar-refractivity contribution in [3.8, 4) is 0 Å². The topological polar surface area (TPSA) is 75.9 Å². The molecule has 1 saturated carbocycles. The Morgan fingerprint density at radius 2 is 1.78 bits per heavy atom. The molecule has 2 saturated heterocycles. The van der Waals surface area contributed by atoms with Crippen LogP contribution in [0.25, 0.3) is 0 Å². The number of nitro groups is 1. The number of carbonyl (C=O) groups excluding carboxylic acids is 1. The number of hydrogen-bond acceptors (Lipinski definition) is 5. The summed E-state index contributed by atoms with van der Waals surface area (Å²) in [6, 6.07) is 5.77. The van der Waals surface area contributed by atoms with Gasteiger partial charge in [-0.2, -0.15) is 0 Å². The molecule has 2 atom stereocenters. The molecule has 2 heterocycles. The summed E-state index contributed by atoms with van der Waals surface area (Å²) < 4.78 is 5.59. The molecular formula is C20H27N3O4. The predicted octanol–water partition coefficient (Wildman–Crippen LogP) is 4.06. The average Bonchev–Trinajstić information content (AvgIpc) is 3.38. The van der Waals surface area contributed by atoms with Crippen LogP contribution in [-0.4, -0.2) is 46.7 Å². The number of rotatable bonds is 3. The number of amides is 1. The molecule has 1 aliphatic carbocycles. The third-order valence-corrected chi connectivity index (χ3v) is 5.68. The summed E-state index contributed by atoms with van der Waals surface area (Å²) in [4.78, 5) is 27.8. The van der Waals surface area contributed by atoms with E-state index in [0.717, 1.165) is 50.0 Å². The summed E-state index contributed by atoms with van der Waals surface area (Å²) in [6.07, 6.45) is 3.78. The van der Waals surface area contributed by atoms with Crippen LogP contribution < -0.4 is 4.90 Å². The van der Waals surface area contributed by atoms with E-state index in [1.165, 1.54) is 0 Å². The lowest BCUT2D eigenvalue weighted by Crippen LogP contribution is -2.56. The molecule has 0 aromatic heterocycles. The minimum Gasteiger partial charge on any atom is -0.444 e. The van der Waals surface area contributed by atoms with Gasteiger partial charge < -0.3 is 9.64 Å². The van der Waals surface area contributed by atoms with E-state index in [4.69, 9.17) is 4.74 Å². The van der Waals surface area contributed by atoms with Crippen molar-refractivity contribution < 1.29 is 14.5 Å². The zero-order valence-corrected chi connectivity index (χ0v) is 16.2. The molecule has 1 amide bonds. The van der Waals surface area contributed by atoms with Gasteiger partial charge in [-0.1, -0.05) is 0 Å². The lowest BCUT2D eigenvalue weighted by Gasteiger charge is -2.42. The van der Waals surface area contributed by atoms with Crippen molar-refractivity contribution in [3.05, 3.63) is 33.9 Å². The van der Waals surface area contributed by atoms with Gasteiger partial charge in [-0.3, -0.25) is 15.0 Å². The maximum atomic E-state index is 12.6. The van der Waals surface area contributed by atoms with Gasteiger partial charge in [0.25, 0.3) is 5.69 Å². The highest BCUT2D eigenvalue weighted by molar-refractivity contribution is 5.70. The zero-order chi connectivity index (χ0) is 19.3. The number of piperazine rings is 1. The Bertz CT molecular complexity index is 755. The minimum atomic E-state index is -0.495. The van der Waals surface area contributed by atoms with Crippen molar-refractivity contribution in [2.75, 3.05) is 18.0 Å². The van der Waals surface area contributed by atoms with Gasteiger partial charge >= 0.3 is 6.09 Å². The van der Waals surface area contributed by atoms with Gasteiger partial charge in [-0.05, 0) is 64.5 Å². The highest BCUT2D eigenvalue weighted by Gasteiger charge is 2.44. The Morgan fingerprint density at radius 1 is 1.15 bits per heavy atom. The summed E-state index contributed by atoms with van der Waals surface area (Å²) in [6.45, 7) is 7.16. The molecule has 146 valence electrons. The van der Waals surface area contributed by atoms with Crippen LogP contribution in [0.15, 0.2) is 18.2 Å². The first-order valence-corrected chi connectivity index (χ1v) is 9.77. The Kier molecular flexibility index (Phi) is 4.28. The van der Waals surface area contributed by atoms with Gasteiger partial charge in [0.05, 0.1) is 17.0 Å². The third kappa shape index (κ3) is 3.59. The van der Waals surface area contributed by atoms with Gasteiger partial charge in [-0.15, -0.1) is 0 Å². The van der Waals surface area contributed by atoms with Crippen molar-refractivity contribution in [2.24, 2.45) is 0 Å². The van der Waals surface area contributed by atoms with Crippen LogP contribution in [0.5, 0.6) is 0 Å². The van der Waals surface area contributed by atoms with Gasteiger partial charge in [0.15, 0.2) is 0 Å². The highest BCUT2D eigenvalue weighted by atomic mass is 16.6. The SMILES string of the molecule is CC(C)(C)OC(=O)N1[C@@H]2CC[C@H]1CN(c1ccc([N+](=O)[O-])c(C3CC3)c1)C2. The predicted molar refractivity (Wildman–Crippen MR) is 102 cm³/mol. The number of fused-ring (bicyclic) bond motifs is 2. The normalized spacial score (nSPS) is 24.9. The molecule has 0 radical (unpaired) electrons. The number of anilines is 1. The molecule has 0 N–H and O–H groups in total. The molecule has 7 nitrogen and oxygen atoms in total. The fourth-order valence-corrected chi connectivity index (χ4v) is 4.35. The zero-order valence-electron chi connectivity index (χ0n) is 16.2. The number of nitrogens with zero attached hydrogens (tertiary/aromatic N) is 3. The molecule has 0 unspecified atom stereocenters. The third-order valence-electron chi connectivity index (χ3n) is 5.68. The van der Waals surface area contributed by atoms with E-state index in [9.17, 15) is 14.9 Å². The van der Waals surface area contributed by atoms with E-state index in [1.54, 1.807) is 6.07 Å². The Labute approximate surface area is 159 Å². The van der Waals surface area contributed by atoms with E-state index in [-0.39, 0.29) is 28.8 Å². The van der Waals surface area contributed by atoms with E-state index in [0.29, 0.717) is 5.92 Å². The average molecular weight is 373 g/mol. The summed E-state index contributed by atoms with van der Waals surface area (Å²) >= 11 is 0. The largest absolute Gasteiger partial charge is 0.444 e. The van der Waals surface area contributed by atoms with E-state index < -0.39 is 5.60 Å². The highest BCUT2D eigenvalue weighted by Crippen LogP contribution is 2.46. The van der Waals surface area contributed by atoms with Crippen molar-refractivity contribution in [2.45, 2.75) is 70.1 Å². The van der Waals surface area contributed by atoms with Crippen LogP contribution in [-0.2, 0) is 4.74 Å². The molecule has 1 aromatic rings. The van der Waals surface area contributed by atoms with E-state index in [2.05, 4.69) is 4.90 Å². The quantitative estimate of drug-likeness (QED) is 0.590. The van der Waals surface area contributed by atoms with Gasteiger partial charge in [0.2, 0.25) is 0 Å². The lowest BCUT2D eigenvalue weighted by atomic mass is 10.1. The smallest absolute Gasteiger partial charge is 0.410 e. The van der Waals surface area contributed by atoms with Crippen LogP contribution in [0.4, 0.5) is 16.2 Å².